The smallest absolute Gasteiger partial charge is 0.330 e. The highest BCUT2D eigenvalue weighted by Gasteiger charge is 2.21. The maximum absolute atomic E-state index is 12.4. The molecule has 3 aromatic heterocycles. The predicted molar refractivity (Wildman–Crippen MR) is 132 cm³/mol. The first-order chi connectivity index (χ1) is 16.5. The second-order valence-corrected chi connectivity index (χ2v) is 8.67. The van der Waals surface area contributed by atoms with Crippen LogP contribution in [0.5, 0.6) is 5.75 Å². The van der Waals surface area contributed by atoms with Gasteiger partial charge in [-0.15, -0.1) is 0 Å². The van der Waals surface area contributed by atoms with Crippen LogP contribution in [-0.4, -0.2) is 65.5 Å². The van der Waals surface area contributed by atoms with Gasteiger partial charge in [-0.1, -0.05) is 0 Å². The van der Waals surface area contributed by atoms with Crippen molar-refractivity contribution in [3.05, 3.63) is 69.9 Å². The van der Waals surface area contributed by atoms with Crippen molar-refractivity contribution in [1.29, 1.82) is 0 Å². The number of carbonyl (C=O) groups excluding carboxylic acids is 1. The topological polar surface area (TPSA) is 95.0 Å². The fraction of sp³-hybridized carbons (Fsp3) is 0.320. The zero-order chi connectivity index (χ0) is 23.8. The lowest BCUT2D eigenvalue weighted by molar-refractivity contribution is 0.0962. The summed E-state index contributed by atoms with van der Waals surface area (Å²) in [5, 5.41) is 2.64. The number of H-pyrrole nitrogens is 1. The molecule has 0 atom stereocenters. The van der Waals surface area contributed by atoms with Crippen molar-refractivity contribution >= 4 is 28.1 Å². The molecule has 9 heteroatoms. The zero-order valence-electron chi connectivity index (χ0n) is 19.6. The van der Waals surface area contributed by atoms with Crippen LogP contribution in [0.25, 0.3) is 16.6 Å². The van der Waals surface area contributed by atoms with Crippen molar-refractivity contribution in [2.24, 2.45) is 0 Å². The second-order valence-electron chi connectivity index (χ2n) is 8.67. The van der Waals surface area contributed by atoms with E-state index in [1.54, 1.807) is 24.6 Å². The van der Waals surface area contributed by atoms with Gasteiger partial charge >= 0.3 is 5.69 Å². The molecule has 0 unspecified atom stereocenters. The summed E-state index contributed by atoms with van der Waals surface area (Å²) in [4.78, 5) is 36.7. The number of pyridine rings is 1. The van der Waals surface area contributed by atoms with Gasteiger partial charge in [-0.2, -0.15) is 0 Å². The van der Waals surface area contributed by atoms with E-state index < -0.39 is 0 Å². The lowest BCUT2D eigenvalue weighted by atomic mass is 10.1. The number of hydrogen-bond acceptors (Lipinski definition) is 6. The molecule has 5 rings (SSSR count). The van der Waals surface area contributed by atoms with Gasteiger partial charge in [0.2, 0.25) is 0 Å². The first-order valence-electron chi connectivity index (χ1n) is 11.3. The summed E-state index contributed by atoms with van der Waals surface area (Å²) in [5.41, 5.74) is 5.90. The number of fused-ring (bicyclic) bond motifs is 3. The molecule has 1 saturated heterocycles. The number of nitrogens with zero attached hydrogens (tertiary/aromatic N) is 4. The first-order valence-corrected chi connectivity index (χ1v) is 11.3. The molecule has 1 aromatic carbocycles. The van der Waals surface area contributed by atoms with Crippen molar-refractivity contribution < 1.29 is 9.53 Å². The summed E-state index contributed by atoms with van der Waals surface area (Å²) in [7, 11) is 3.25. The minimum atomic E-state index is -0.153. The molecule has 1 fully saturated rings. The summed E-state index contributed by atoms with van der Waals surface area (Å²) < 4.78 is 7.17. The second kappa shape index (κ2) is 8.83. The van der Waals surface area contributed by atoms with Crippen LogP contribution in [0.1, 0.15) is 21.5 Å². The minimum Gasteiger partial charge on any atom is -0.495 e. The quantitative estimate of drug-likeness (QED) is 0.474. The maximum atomic E-state index is 12.4. The largest absolute Gasteiger partial charge is 0.495 e. The standard InChI is InChI=1S/C25H28N6O3/c1-16-10-21-23-19(28-25(33)31(21)14-16)11-17(13-27-23)15-29-6-8-30(9-7-29)20-5-4-18(24(32)26-2)12-22(20)34-3/h4-5,10-14H,6-9,15H2,1-3H3,(H,26,32)(H,28,33). The Morgan fingerprint density at radius 1 is 1.18 bits per heavy atom. The SMILES string of the molecule is CNC(=O)c1ccc(N2CCN(Cc3cnc4c(c3)[nH]c(=O)n3cc(C)cc43)CC2)c(OC)c1. The van der Waals surface area contributed by atoms with Crippen molar-refractivity contribution in [2.45, 2.75) is 13.5 Å². The van der Waals surface area contributed by atoms with E-state index in [1.165, 1.54) is 0 Å². The summed E-state index contributed by atoms with van der Waals surface area (Å²) in [6, 6.07) is 9.57. The van der Waals surface area contributed by atoms with Gasteiger partial charge in [0.15, 0.2) is 0 Å². The van der Waals surface area contributed by atoms with E-state index in [-0.39, 0.29) is 11.6 Å². The lowest BCUT2D eigenvalue weighted by Gasteiger charge is -2.36. The van der Waals surface area contributed by atoms with Crippen molar-refractivity contribution in [3.8, 4) is 5.75 Å². The van der Waals surface area contributed by atoms with Crippen molar-refractivity contribution in [2.75, 3.05) is 45.2 Å². The number of anilines is 1. The number of methoxy groups -OCH3 is 1. The van der Waals surface area contributed by atoms with Gasteiger partial charge in [0.1, 0.15) is 11.3 Å². The Labute approximate surface area is 197 Å². The van der Waals surface area contributed by atoms with Crippen LogP contribution in [0.3, 0.4) is 0 Å². The summed E-state index contributed by atoms with van der Waals surface area (Å²) in [6.07, 6.45) is 3.72. The van der Waals surface area contributed by atoms with E-state index in [1.807, 2.05) is 43.6 Å². The minimum absolute atomic E-state index is 0.132. The van der Waals surface area contributed by atoms with E-state index in [4.69, 9.17) is 4.74 Å². The van der Waals surface area contributed by atoms with Crippen LogP contribution >= 0.6 is 0 Å². The molecule has 1 amide bonds. The molecular formula is C25H28N6O3. The third kappa shape index (κ3) is 3.99. The number of carbonyl (C=O) groups is 1. The first kappa shape index (κ1) is 22.0. The van der Waals surface area contributed by atoms with Gasteiger partial charge in [0.25, 0.3) is 5.91 Å². The molecule has 4 aromatic rings. The van der Waals surface area contributed by atoms with Gasteiger partial charge in [-0.05, 0) is 48.4 Å². The molecule has 1 aliphatic rings. The molecule has 34 heavy (non-hydrogen) atoms. The van der Waals surface area contributed by atoms with E-state index >= 15 is 0 Å². The van der Waals surface area contributed by atoms with Gasteiger partial charge in [-0.3, -0.25) is 19.1 Å². The molecule has 9 nitrogen and oxygen atoms in total. The molecule has 0 radical (unpaired) electrons. The highest BCUT2D eigenvalue weighted by Crippen LogP contribution is 2.30. The Bertz CT molecular complexity index is 1430. The van der Waals surface area contributed by atoms with E-state index in [0.29, 0.717) is 11.3 Å². The Morgan fingerprint density at radius 3 is 2.71 bits per heavy atom. The number of aromatic amines is 1. The molecular weight excluding hydrogens is 432 g/mol. The van der Waals surface area contributed by atoms with Gasteiger partial charge in [0, 0.05) is 57.7 Å². The average molecular weight is 461 g/mol. The van der Waals surface area contributed by atoms with E-state index in [9.17, 15) is 9.59 Å². The lowest BCUT2D eigenvalue weighted by Crippen LogP contribution is -2.46. The number of hydrogen-bond donors (Lipinski definition) is 2. The highest BCUT2D eigenvalue weighted by atomic mass is 16.5. The molecule has 176 valence electrons. The normalized spacial score (nSPS) is 14.6. The Hall–Kier alpha value is -3.85. The number of aryl methyl sites for hydroxylation is 1. The molecule has 0 saturated carbocycles. The van der Waals surface area contributed by atoms with E-state index in [0.717, 1.165) is 66.1 Å². The Morgan fingerprint density at radius 2 is 1.97 bits per heavy atom. The van der Waals surface area contributed by atoms with Crippen LogP contribution < -0.4 is 20.6 Å². The Kier molecular flexibility index (Phi) is 5.70. The van der Waals surface area contributed by atoms with Crippen LogP contribution in [0.15, 0.2) is 47.5 Å². The van der Waals surface area contributed by atoms with E-state index in [2.05, 4.69) is 25.1 Å². The number of rotatable bonds is 5. The summed E-state index contributed by atoms with van der Waals surface area (Å²) >= 11 is 0. The monoisotopic (exact) mass is 460 g/mol. The highest BCUT2D eigenvalue weighted by molar-refractivity contribution is 5.95. The predicted octanol–water partition coefficient (Wildman–Crippen LogP) is 2.17. The fourth-order valence-electron chi connectivity index (χ4n) is 4.64. The number of benzene rings is 1. The Balaban J connectivity index is 1.30. The number of nitrogens with one attached hydrogen (secondary N) is 2. The molecule has 0 spiro atoms. The van der Waals surface area contributed by atoms with Crippen LogP contribution in [-0.2, 0) is 6.54 Å². The van der Waals surface area contributed by atoms with Crippen LogP contribution in [0.4, 0.5) is 5.69 Å². The van der Waals surface area contributed by atoms with Crippen LogP contribution in [0.2, 0.25) is 0 Å². The maximum Gasteiger partial charge on any atom is 0.330 e. The van der Waals surface area contributed by atoms with Crippen LogP contribution in [0, 0.1) is 6.92 Å². The summed E-state index contributed by atoms with van der Waals surface area (Å²) in [5.74, 6) is 0.567. The zero-order valence-corrected chi connectivity index (χ0v) is 19.6. The molecule has 0 aliphatic carbocycles. The number of amides is 1. The fourth-order valence-corrected chi connectivity index (χ4v) is 4.64. The molecule has 2 N–H and O–H groups in total. The molecule has 4 heterocycles. The molecule has 1 aliphatic heterocycles. The number of ether oxygens (including phenoxy) is 1. The number of aromatic nitrogens is 3. The average Bonchev–Trinajstić information content (AvgIpc) is 3.26. The molecule has 0 bridgehead atoms. The van der Waals surface area contributed by atoms with Gasteiger partial charge in [-0.25, -0.2) is 4.79 Å². The van der Waals surface area contributed by atoms with Crippen molar-refractivity contribution in [1.82, 2.24) is 24.6 Å². The third-order valence-electron chi connectivity index (χ3n) is 6.39. The van der Waals surface area contributed by atoms with Gasteiger partial charge < -0.3 is 19.9 Å². The number of piperazine rings is 1. The van der Waals surface area contributed by atoms with Gasteiger partial charge in [0.05, 0.1) is 23.8 Å². The summed E-state index contributed by atoms with van der Waals surface area (Å²) in [6.45, 7) is 6.18. The third-order valence-corrected chi connectivity index (χ3v) is 6.39. The van der Waals surface area contributed by atoms with Crippen molar-refractivity contribution in [3.63, 3.8) is 0 Å².